The van der Waals surface area contributed by atoms with Crippen molar-refractivity contribution in [3.8, 4) is 0 Å². The summed E-state index contributed by atoms with van der Waals surface area (Å²) in [5.74, 6) is 0.582. The maximum atomic E-state index is 13.5. The Hall–Kier alpha value is -3.25. The molecule has 37 heavy (non-hydrogen) atoms. The zero-order valence-corrected chi connectivity index (χ0v) is 23.0. The predicted molar refractivity (Wildman–Crippen MR) is 155 cm³/mol. The van der Waals surface area contributed by atoms with Gasteiger partial charge < -0.3 is 20.4 Å². The Labute approximate surface area is 228 Å². The number of rotatable bonds is 6. The molecule has 192 valence electrons. The van der Waals surface area contributed by atoms with Crippen LogP contribution in [0.15, 0.2) is 101 Å². The van der Waals surface area contributed by atoms with Gasteiger partial charge in [-0.3, -0.25) is 4.79 Å². The summed E-state index contributed by atoms with van der Waals surface area (Å²) < 4.78 is 1.01. The number of carbonyl (C=O) groups is 1. The number of hydrogen-bond acceptors (Lipinski definition) is 4. The van der Waals surface area contributed by atoms with Gasteiger partial charge in [-0.1, -0.05) is 71.4 Å². The molecule has 3 aliphatic heterocycles. The highest BCUT2D eigenvalue weighted by atomic mass is 79.9. The number of hydrogen-bond donors (Lipinski definition) is 2. The topological polar surface area (TPSA) is 47.6 Å². The van der Waals surface area contributed by atoms with E-state index in [1.54, 1.807) is 0 Å². The standard InChI is InChI=1S/C31H35BrN4O/c1-2-29-30(36-20-16-26(32)21-28(36)9-6-17-33-29)31(37)34-22-23-10-12-27(13-11-23)35-18-14-25(15-19-35)24-7-4-3-5-8-24/h3-5,7-13,16,20-21,25,33H,2,6,14-15,17-19,22H2,1H3,(H,34,37)/b28-9+,30-29-. The fourth-order valence-corrected chi connectivity index (χ4v) is 5.70. The highest BCUT2D eigenvalue weighted by Gasteiger charge is 2.25. The lowest BCUT2D eigenvalue weighted by atomic mass is 9.89. The number of nitrogens with one attached hydrogen (secondary N) is 2. The molecule has 0 aliphatic carbocycles. The third kappa shape index (κ3) is 6.02. The van der Waals surface area contributed by atoms with Crippen LogP contribution in [0.3, 0.4) is 0 Å². The third-order valence-corrected chi connectivity index (χ3v) is 7.89. The largest absolute Gasteiger partial charge is 0.386 e. The van der Waals surface area contributed by atoms with Crippen LogP contribution in [0.1, 0.15) is 49.7 Å². The normalized spacial score (nSPS) is 21.7. The molecule has 1 fully saturated rings. The molecule has 0 atom stereocenters. The molecule has 0 spiro atoms. The van der Waals surface area contributed by atoms with Crippen molar-refractivity contribution < 1.29 is 4.79 Å². The van der Waals surface area contributed by atoms with Crippen LogP contribution in [0.4, 0.5) is 5.69 Å². The summed E-state index contributed by atoms with van der Waals surface area (Å²) in [6.45, 7) is 5.53. The number of halogens is 1. The second-order valence-corrected chi connectivity index (χ2v) is 10.7. The Kier molecular flexibility index (Phi) is 8.15. The van der Waals surface area contributed by atoms with Crippen molar-refractivity contribution in [2.24, 2.45) is 0 Å². The van der Waals surface area contributed by atoms with Crippen LogP contribution in [-0.2, 0) is 11.3 Å². The van der Waals surface area contributed by atoms with Crippen LogP contribution in [0, 0.1) is 0 Å². The molecule has 0 bridgehead atoms. The molecule has 1 amide bonds. The molecule has 0 aromatic heterocycles. The van der Waals surface area contributed by atoms with Gasteiger partial charge in [0.1, 0.15) is 5.70 Å². The van der Waals surface area contributed by atoms with E-state index in [0.29, 0.717) is 18.2 Å². The second-order valence-electron chi connectivity index (χ2n) is 9.76. The smallest absolute Gasteiger partial charge is 0.270 e. The molecule has 2 aromatic rings. The number of anilines is 1. The van der Waals surface area contributed by atoms with Crippen LogP contribution in [0.5, 0.6) is 0 Å². The van der Waals surface area contributed by atoms with Crippen LogP contribution < -0.4 is 15.5 Å². The molecule has 3 heterocycles. The number of fused-ring (bicyclic) bond motifs is 1. The first kappa shape index (κ1) is 25.4. The molecule has 2 N–H and O–H groups in total. The fourth-order valence-electron chi connectivity index (χ4n) is 5.35. The minimum Gasteiger partial charge on any atom is -0.386 e. The molecule has 2 aromatic carbocycles. The Morgan fingerprint density at radius 1 is 1.08 bits per heavy atom. The first-order chi connectivity index (χ1) is 18.1. The molecule has 1 saturated heterocycles. The van der Waals surface area contributed by atoms with Gasteiger partial charge in [0.05, 0.1) is 0 Å². The number of benzene rings is 2. The van der Waals surface area contributed by atoms with Gasteiger partial charge in [-0.25, -0.2) is 0 Å². The molecular weight excluding hydrogens is 524 g/mol. The van der Waals surface area contributed by atoms with Gasteiger partial charge in [0, 0.05) is 53.9 Å². The van der Waals surface area contributed by atoms with E-state index < -0.39 is 0 Å². The average molecular weight is 560 g/mol. The third-order valence-electron chi connectivity index (χ3n) is 7.40. The van der Waals surface area contributed by atoms with Crippen LogP contribution in [-0.4, -0.2) is 30.4 Å². The molecule has 5 nitrogen and oxygen atoms in total. The minimum absolute atomic E-state index is 0.0692. The van der Waals surface area contributed by atoms with E-state index in [-0.39, 0.29) is 5.91 Å². The number of allylic oxidation sites excluding steroid dienone is 4. The van der Waals surface area contributed by atoms with Gasteiger partial charge in [0.15, 0.2) is 0 Å². The molecule has 3 aliphatic rings. The maximum absolute atomic E-state index is 13.5. The molecule has 0 saturated carbocycles. The van der Waals surface area contributed by atoms with E-state index >= 15 is 0 Å². The van der Waals surface area contributed by atoms with Crippen molar-refractivity contribution in [2.45, 2.75) is 45.1 Å². The van der Waals surface area contributed by atoms with Crippen molar-refractivity contribution in [1.29, 1.82) is 0 Å². The van der Waals surface area contributed by atoms with Gasteiger partial charge in [0.2, 0.25) is 0 Å². The van der Waals surface area contributed by atoms with E-state index in [9.17, 15) is 4.79 Å². The molecule has 0 unspecified atom stereocenters. The summed E-state index contributed by atoms with van der Waals surface area (Å²) in [7, 11) is 0. The van der Waals surface area contributed by atoms with Crippen molar-refractivity contribution >= 4 is 27.5 Å². The van der Waals surface area contributed by atoms with Crippen LogP contribution in [0.25, 0.3) is 0 Å². The lowest BCUT2D eigenvalue weighted by Crippen LogP contribution is -2.37. The zero-order valence-electron chi connectivity index (χ0n) is 21.4. The monoisotopic (exact) mass is 558 g/mol. The molecule has 6 heteroatoms. The zero-order chi connectivity index (χ0) is 25.6. The summed E-state index contributed by atoms with van der Waals surface area (Å²) in [6.07, 6.45) is 12.2. The highest BCUT2D eigenvalue weighted by molar-refractivity contribution is 9.11. The Balaban J connectivity index is 1.21. The maximum Gasteiger partial charge on any atom is 0.270 e. The lowest BCUT2D eigenvalue weighted by Gasteiger charge is -2.34. The van der Waals surface area contributed by atoms with Crippen LogP contribution >= 0.6 is 15.9 Å². The minimum atomic E-state index is -0.0692. The quantitative estimate of drug-likeness (QED) is 0.437. The predicted octanol–water partition coefficient (Wildman–Crippen LogP) is 6.29. The second kappa shape index (κ2) is 11.9. The van der Waals surface area contributed by atoms with Crippen LogP contribution in [0.2, 0.25) is 0 Å². The van der Waals surface area contributed by atoms with Gasteiger partial charge in [-0.2, -0.15) is 0 Å². The lowest BCUT2D eigenvalue weighted by molar-refractivity contribution is -0.118. The number of carbonyl (C=O) groups excluding carboxylic acids is 1. The van der Waals surface area contributed by atoms with Crippen molar-refractivity contribution in [3.63, 3.8) is 0 Å². The number of nitrogens with zero attached hydrogens (tertiary/aromatic N) is 2. The summed E-state index contributed by atoms with van der Waals surface area (Å²) in [4.78, 5) is 17.9. The van der Waals surface area contributed by atoms with E-state index in [4.69, 9.17) is 0 Å². The number of piperidine rings is 1. The summed E-state index contributed by atoms with van der Waals surface area (Å²) in [6, 6.07) is 19.5. The van der Waals surface area contributed by atoms with Gasteiger partial charge >= 0.3 is 0 Å². The van der Waals surface area contributed by atoms with E-state index in [0.717, 1.165) is 53.9 Å². The summed E-state index contributed by atoms with van der Waals surface area (Å²) in [5, 5.41) is 6.63. The van der Waals surface area contributed by atoms with E-state index in [1.165, 1.54) is 24.1 Å². The van der Waals surface area contributed by atoms with Crippen molar-refractivity contribution in [1.82, 2.24) is 15.5 Å². The first-order valence-corrected chi connectivity index (χ1v) is 14.1. The van der Waals surface area contributed by atoms with Crippen molar-refractivity contribution in [3.05, 3.63) is 112 Å². The SMILES string of the molecule is CC/C1=C(\C(=O)NCc2ccc(N3CCC(c4ccccc4)CC3)cc2)N2C=CC(Br)=C/C2=C\CCN1. The van der Waals surface area contributed by atoms with Crippen molar-refractivity contribution in [2.75, 3.05) is 24.5 Å². The Bertz CT molecular complexity index is 1220. The van der Waals surface area contributed by atoms with Gasteiger partial charge in [0.25, 0.3) is 5.91 Å². The van der Waals surface area contributed by atoms with E-state index in [2.05, 4.69) is 105 Å². The first-order valence-electron chi connectivity index (χ1n) is 13.3. The summed E-state index contributed by atoms with van der Waals surface area (Å²) >= 11 is 3.56. The van der Waals surface area contributed by atoms with Gasteiger partial charge in [-0.05, 0) is 67.0 Å². The van der Waals surface area contributed by atoms with Gasteiger partial charge in [-0.15, -0.1) is 0 Å². The Morgan fingerprint density at radius 2 is 1.84 bits per heavy atom. The highest BCUT2D eigenvalue weighted by Crippen LogP contribution is 2.31. The fraction of sp³-hybridized carbons (Fsp3) is 0.323. The summed E-state index contributed by atoms with van der Waals surface area (Å²) in [5.41, 5.74) is 6.47. The van der Waals surface area contributed by atoms with E-state index in [1.807, 2.05) is 17.2 Å². The average Bonchev–Trinajstić information content (AvgIpc) is 2.93. The molecule has 5 rings (SSSR count). The molecule has 0 radical (unpaired) electrons. The number of amides is 1. The Morgan fingerprint density at radius 3 is 2.57 bits per heavy atom. The molecular formula is C31H35BrN4O.